The molecule has 1 amide bonds. The third-order valence-electron chi connectivity index (χ3n) is 6.19. The summed E-state index contributed by atoms with van der Waals surface area (Å²) in [5, 5.41) is 10.5. The number of carboxylic acids is 1. The van der Waals surface area contributed by atoms with Crippen LogP contribution in [0.1, 0.15) is 58.6 Å². The number of sulfone groups is 1. The van der Waals surface area contributed by atoms with Gasteiger partial charge in [0, 0.05) is 16.1 Å². The molecule has 1 saturated heterocycles. The standard InChI is InChI=1S/C21H30ClNO6S.C6H5Cl/c1-5-16(10-11-30(27,28)21(2,3)4)23-17(14-6-8-15(22)9-7-14)13-29-18(20(23)26)12-19(24)25;7-6-4-2-1-3-5-6/h6-9,16-18H,5,10-13H2,1-4H3,(H,24,25);1-5H/t16-,17?,18+;/m0./s1. The lowest BCUT2D eigenvalue weighted by molar-refractivity contribution is -0.169. The summed E-state index contributed by atoms with van der Waals surface area (Å²) in [5.74, 6) is -1.61. The van der Waals surface area contributed by atoms with Crippen molar-refractivity contribution < 1.29 is 27.9 Å². The number of halogens is 2. The molecule has 1 aliphatic heterocycles. The van der Waals surface area contributed by atoms with Crippen molar-refractivity contribution in [3.63, 3.8) is 0 Å². The fourth-order valence-electron chi connectivity index (χ4n) is 3.91. The predicted molar refractivity (Wildman–Crippen MR) is 147 cm³/mol. The van der Waals surface area contributed by atoms with Gasteiger partial charge >= 0.3 is 5.97 Å². The number of ether oxygens (including phenoxy) is 1. The lowest BCUT2D eigenvalue weighted by Gasteiger charge is -2.44. The fourth-order valence-corrected chi connectivity index (χ4v) is 5.38. The Morgan fingerprint density at radius 1 is 1.08 bits per heavy atom. The molecule has 3 atom stereocenters. The van der Waals surface area contributed by atoms with Gasteiger partial charge in [-0.2, -0.15) is 0 Å². The number of hydrogen-bond acceptors (Lipinski definition) is 5. The van der Waals surface area contributed by atoms with Gasteiger partial charge in [0.25, 0.3) is 5.91 Å². The molecule has 3 rings (SSSR count). The van der Waals surface area contributed by atoms with E-state index in [-0.39, 0.29) is 24.8 Å². The summed E-state index contributed by atoms with van der Waals surface area (Å²) in [6, 6.07) is 15.7. The van der Waals surface area contributed by atoms with E-state index in [1.165, 1.54) is 0 Å². The van der Waals surface area contributed by atoms with E-state index < -0.39 is 45.0 Å². The van der Waals surface area contributed by atoms with Crippen molar-refractivity contribution in [1.82, 2.24) is 4.90 Å². The highest BCUT2D eigenvalue weighted by molar-refractivity contribution is 7.92. The largest absolute Gasteiger partial charge is 0.481 e. The van der Waals surface area contributed by atoms with Crippen LogP contribution in [-0.2, 0) is 24.2 Å². The molecule has 2 aromatic carbocycles. The molecular weight excluding hydrogens is 537 g/mol. The van der Waals surface area contributed by atoms with E-state index >= 15 is 0 Å². The van der Waals surface area contributed by atoms with E-state index in [0.29, 0.717) is 11.4 Å². The average molecular weight is 573 g/mol. The molecule has 1 fully saturated rings. The average Bonchev–Trinajstić information content (AvgIpc) is 2.82. The lowest BCUT2D eigenvalue weighted by atomic mass is 9.97. The van der Waals surface area contributed by atoms with E-state index in [4.69, 9.17) is 33.0 Å². The summed E-state index contributed by atoms with van der Waals surface area (Å²) in [6.07, 6.45) is -0.709. The normalized spacial score (nSPS) is 19.1. The van der Waals surface area contributed by atoms with Crippen LogP contribution in [0.3, 0.4) is 0 Å². The molecule has 0 aromatic heterocycles. The van der Waals surface area contributed by atoms with Gasteiger partial charge in [0.1, 0.15) is 6.10 Å². The van der Waals surface area contributed by atoms with E-state index in [1.807, 2.05) is 37.3 Å². The summed E-state index contributed by atoms with van der Waals surface area (Å²) in [5.41, 5.74) is 0.804. The number of carbonyl (C=O) groups excluding carboxylic acids is 1. The van der Waals surface area contributed by atoms with Crippen LogP contribution in [0.4, 0.5) is 0 Å². The highest BCUT2D eigenvalue weighted by atomic mass is 35.5. The van der Waals surface area contributed by atoms with Crippen LogP contribution in [0.5, 0.6) is 0 Å². The smallest absolute Gasteiger partial charge is 0.306 e. The molecule has 1 unspecified atom stereocenters. The quantitative estimate of drug-likeness (QED) is 0.429. The van der Waals surface area contributed by atoms with Gasteiger partial charge in [-0.25, -0.2) is 8.42 Å². The van der Waals surface area contributed by atoms with Gasteiger partial charge in [0.15, 0.2) is 9.84 Å². The summed E-state index contributed by atoms with van der Waals surface area (Å²) >= 11 is 11.5. The molecule has 0 saturated carbocycles. The molecule has 10 heteroatoms. The zero-order chi connectivity index (χ0) is 27.8. The van der Waals surface area contributed by atoms with Crippen LogP contribution in [0.2, 0.25) is 10.0 Å². The molecule has 204 valence electrons. The molecule has 2 aromatic rings. The maximum Gasteiger partial charge on any atom is 0.306 e. The third kappa shape index (κ3) is 8.99. The zero-order valence-electron chi connectivity index (χ0n) is 21.6. The first-order chi connectivity index (χ1) is 17.3. The Kier molecular flexibility index (Phi) is 11.4. The van der Waals surface area contributed by atoms with Crippen molar-refractivity contribution in [1.29, 1.82) is 0 Å². The van der Waals surface area contributed by atoms with Crippen LogP contribution >= 0.6 is 23.2 Å². The summed E-state index contributed by atoms with van der Waals surface area (Å²) in [7, 11) is -3.36. The summed E-state index contributed by atoms with van der Waals surface area (Å²) < 4.78 is 29.9. The number of amides is 1. The number of benzene rings is 2. The Morgan fingerprint density at radius 2 is 1.65 bits per heavy atom. The molecule has 0 aliphatic carbocycles. The highest BCUT2D eigenvalue weighted by Gasteiger charge is 2.41. The van der Waals surface area contributed by atoms with Crippen LogP contribution in [0.25, 0.3) is 0 Å². The molecule has 7 nitrogen and oxygen atoms in total. The number of hydrogen-bond donors (Lipinski definition) is 1. The lowest BCUT2D eigenvalue weighted by Crippen LogP contribution is -2.54. The summed E-state index contributed by atoms with van der Waals surface area (Å²) in [6.45, 7) is 6.99. The monoisotopic (exact) mass is 571 g/mol. The van der Waals surface area contributed by atoms with Gasteiger partial charge in [-0.3, -0.25) is 9.59 Å². The third-order valence-corrected chi connectivity index (χ3v) is 9.33. The summed E-state index contributed by atoms with van der Waals surface area (Å²) in [4.78, 5) is 26.0. The molecule has 37 heavy (non-hydrogen) atoms. The first kappa shape index (κ1) is 31.1. The molecule has 0 bridgehead atoms. The van der Waals surface area contributed by atoms with Crippen molar-refractivity contribution >= 4 is 44.9 Å². The van der Waals surface area contributed by atoms with Crippen molar-refractivity contribution in [2.75, 3.05) is 12.4 Å². The highest BCUT2D eigenvalue weighted by Crippen LogP contribution is 2.33. The Bertz CT molecular complexity index is 1130. The number of morpholine rings is 1. The molecule has 0 spiro atoms. The Hall–Kier alpha value is -2.13. The number of nitrogens with zero attached hydrogens (tertiary/aromatic N) is 1. The minimum atomic E-state index is -3.36. The molecule has 1 N–H and O–H groups in total. The molecule has 0 radical (unpaired) electrons. The molecule has 1 heterocycles. The van der Waals surface area contributed by atoms with Crippen molar-refractivity contribution in [2.45, 2.75) is 69.9 Å². The minimum Gasteiger partial charge on any atom is -0.481 e. The van der Waals surface area contributed by atoms with Crippen molar-refractivity contribution in [3.8, 4) is 0 Å². The second kappa shape index (κ2) is 13.6. The van der Waals surface area contributed by atoms with E-state index in [1.54, 1.807) is 49.9 Å². The Labute approximate surface area is 229 Å². The zero-order valence-corrected chi connectivity index (χ0v) is 23.9. The topological polar surface area (TPSA) is 101 Å². The van der Waals surface area contributed by atoms with E-state index in [9.17, 15) is 18.0 Å². The number of aliphatic carboxylic acids is 1. The van der Waals surface area contributed by atoms with Gasteiger partial charge in [-0.1, -0.05) is 60.5 Å². The van der Waals surface area contributed by atoms with Gasteiger partial charge in [-0.15, -0.1) is 0 Å². The number of carbonyl (C=O) groups is 2. The van der Waals surface area contributed by atoms with Gasteiger partial charge in [-0.05, 0) is 63.4 Å². The van der Waals surface area contributed by atoms with Crippen molar-refractivity contribution in [2.24, 2.45) is 0 Å². The van der Waals surface area contributed by atoms with Crippen LogP contribution in [0, 0.1) is 0 Å². The SMILES string of the molecule is CC[C@@H](CCS(=O)(=O)C(C)(C)C)N1C(=O)[C@@H](CC(=O)O)OCC1c1ccc(Cl)cc1.Clc1ccccc1. The molecular formula is C27H35Cl2NO6S. The van der Waals surface area contributed by atoms with Gasteiger partial charge in [0.2, 0.25) is 0 Å². The number of rotatable bonds is 8. The predicted octanol–water partition coefficient (Wildman–Crippen LogP) is 5.81. The van der Waals surface area contributed by atoms with Crippen LogP contribution < -0.4 is 0 Å². The van der Waals surface area contributed by atoms with E-state index in [2.05, 4.69) is 0 Å². The Balaban J connectivity index is 0.000000591. The van der Waals surface area contributed by atoms with Gasteiger partial charge in [0.05, 0.1) is 29.6 Å². The van der Waals surface area contributed by atoms with Crippen LogP contribution in [-0.4, -0.2) is 59.6 Å². The van der Waals surface area contributed by atoms with E-state index in [0.717, 1.165) is 10.6 Å². The minimum absolute atomic E-state index is 0.0589. The second-order valence-electron chi connectivity index (χ2n) is 9.81. The van der Waals surface area contributed by atoms with Crippen molar-refractivity contribution in [3.05, 3.63) is 70.2 Å². The first-order valence-corrected chi connectivity index (χ1v) is 14.5. The second-order valence-corrected chi connectivity index (χ2v) is 13.5. The van der Waals surface area contributed by atoms with Gasteiger partial charge < -0.3 is 14.7 Å². The maximum absolute atomic E-state index is 13.2. The maximum atomic E-state index is 13.2. The van der Waals surface area contributed by atoms with Crippen LogP contribution in [0.15, 0.2) is 54.6 Å². The Morgan fingerprint density at radius 3 is 2.11 bits per heavy atom. The fraction of sp³-hybridized carbons (Fsp3) is 0.481. The molecule has 1 aliphatic rings. The first-order valence-electron chi connectivity index (χ1n) is 12.1. The number of carboxylic acid groups (broad SMARTS) is 1.